The lowest BCUT2D eigenvalue weighted by molar-refractivity contribution is -0.137. The maximum atomic E-state index is 14.1. The van der Waals surface area contributed by atoms with Gasteiger partial charge in [0.1, 0.15) is 11.6 Å². The van der Waals surface area contributed by atoms with Crippen LogP contribution >= 0.6 is 0 Å². The number of aromatic nitrogens is 2. The van der Waals surface area contributed by atoms with Gasteiger partial charge in [0.2, 0.25) is 0 Å². The van der Waals surface area contributed by atoms with Crippen molar-refractivity contribution >= 4 is 49.3 Å². The molecule has 230 valence electrons. The Kier molecular flexibility index (Phi) is 6.44. The van der Waals surface area contributed by atoms with Crippen LogP contribution < -0.4 is 0 Å². The average molecular weight is 631 g/mol. The highest BCUT2D eigenvalue weighted by Crippen LogP contribution is 2.42. The van der Waals surface area contributed by atoms with Crippen LogP contribution in [0.2, 0.25) is 0 Å². The Morgan fingerprint density at radius 3 is 1.58 bits per heavy atom. The third kappa shape index (κ3) is 4.29. The van der Waals surface area contributed by atoms with Crippen LogP contribution in [0.5, 0.6) is 0 Å². The van der Waals surface area contributed by atoms with Crippen molar-refractivity contribution in [2.24, 2.45) is 0 Å². The molecule has 0 aliphatic carbocycles. The molecule has 0 saturated heterocycles. The van der Waals surface area contributed by atoms with Crippen molar-refractivity contribution in [1.82, 2.24) is 9.13 Å². The lowest BCUT2D eigenvalue weighted by Crippen LogP contribution is -2.06. The number of nitrogens with zero attached hydrogens (tertiary/aromatic N) is 4. The molecule has 0 amide bonds. The van der Waals surface area contributed by atoms with E-state index in [1.54, 1.807) is 12.1 Å². The quantitative estimate of drug-likeness (QED) is 0.179. The van der Waals surface area contributed by atoms with Crippen LogP contribution in [-0.4, -0.2) is 9.13 Å². The summed E-state index contributed by atoms with van der Waals surface area (Å²) in [6.07, 6.45) is -4.65. The molecule has 0 atom stereocenters. The van der Waals surface area contributed by atoms with Crippen LogP contribution in [0.3, 0.4) is 0 Å². The first kappa shape index (κ1) is 29.1. The Balaban J connectivity index is 1.58. The first-order chi connectivity index (χ1) is 23.2. The number of aryl methyl sites for hydroxylation is 2. The predicted octanol–water partition coefficient (Wildman–Crippen LogP) is 11.6. The molecule has 4 nitrogen and oxygen atoms in total. The monoisotopic (exact) mass is 630 g/mol. The number of halogens is 3. The van der Waals surface area contributed by atoms with E-state index < -0.39 is 11.7 Å². The van der Waals surface area contributed by atoms with Crippen LogP contribution in [0.15, 0.2) is 115 Å². The Bertz CT molecular complexity index is 2570. The molecule has 0 aliphatic rings. The minimum atomic E-state index is -4.65. The molecule has 6 aromatic carbocycles. The fraction of sp³-hybridized carbons (Fsp3) is 0.0732. The maximum absolute atomic E-state index is 14.1. The molecule has 0 bridgehead atoms. The topological polar surface area (TPSA) is 38.0 Å². The van der Waals surface area contributed by atoms with E-state index in [4.69, 9.17) is 6.57 Å². The van der Waals surface area contributed by atoms with Crippen LogP contribution in [0.1, 0.15) is 22.3 Å². The molecule has 0 saturated carbocycles. The summed E-state index contributed by atoms with van der Waals surface area (Å²) < 4.78 is 46.5. The van der Waals surface area contributed by atoms with E-state index in [0.717, 1.165) is 66.9 Å². The molecule has 0 fully saturated rings. The molecule has 2 aromatic heterocycles. The standard InChI is InChI=1S/C41H25F3N4/c1-24-10-8-16-35-39(24)30-12-4-6-14-33(30)47(35)37-20-27(26-18-28(41(42,43)44)22-29(19-26)46-3)21-38(32(37)23-45)48-34-15-7-5-13-31(34)40-25(2)11-9-17-36(40)48/h4-22H,1-2H3. The number of benzene rings is 6. The molecule has 0 spiro atoms. The smallest absolute Gasteiger partial charge is 0.308 e. The lowest BCUT2D eigenvalue weighted by atomic mass is 9.97. The van der Waals surface area contributed by atoms with E-state index in [-0.39, 0.29) is 11.3 Å². The molecular formula is C41H25F3N4. The van der Waals surface area contributed by atoms with Crippen molar-refractivity contribution in [2.45, 2.75) is 20.0 Å². The highest BCUT2D eigenvalue weighted by atomic mass is 19.4. The number of rotatable bonds is 3. The average Bonchev–Trinajstić information content (AvgIpc) is 3.61. The number of hydrogen-bond acceptors (Lipinski definition) is 1. The third-order valence-electron chi connectivity index (χ3n) is 9.21. The SMILES string of the molecule is [C-]#[N+]c1cc(-c2cc(-n3c4ccccc4c4c(C)cccc43)c(C#N)c(-n3c4ccccc4c4c(C)cccc43)c2)cc(C(F)(F)F)c1. The van der Waals surface area contributed by atoms with E-state index in [1.165, 1.54) is 6.07 Å². The molecule has 8 aromatic rings. The van der Waals surface area contributed by atoms with Crippen molar-refractivity contribution in [2.75, 3.05) is 0 Å². The summed E-state index contributed by atoms with van der Waals surface area (Å²) in [5, 5.41) is 15.1. The normalized spacial score (nSPS) is 11.8. The number of nitriles is 1. The molecule has 2 heterocycles. The molecule has 0 radical (unpaired) electrons. The summed E-state index contributed by atoms with van der Waals surface area (Å²) in [4.78, 5) is 3.38. The largest absolute Gasteiger partial charge is 0.415 e. The van der Waals surface area contributed by atoms with Gasteiger partial charge in [0.25, 0.3) is 0 Å². The summed E-state index contributed by atoms with van der Waals surface area (Å²) in [6.45, 7) is 11.7. The maximum Gasteiger partial charge on any atom is 0.415 e. The van der Waals surface area contributed by atoms with Crippen molar-refractivity contribution in [3.8, 4) is 28.6 Å². The van der Waals surface area contributed by atoms with E-state index in [1.807, 2.05) is 108 Å². The highest BCUT2D eigenvalue weighted by molar-refractivity contribution is 6.12. The highest BCUT2D eigenvalue weighted by Gasteiger charge is 2.31. The van der Waals surface area contributed by atoms with Gasteiger partial charge < -0.3 is 9.13 Å². The molecule has 7 heteroatoms. The second-order valence-electron chi connectivity index (χ2n) is 12.0. The second kappa shape index (κ2) is 10.6. The van der Waals surface area contributed by atoms with Crippen LogP contribution in [0, 0.1) is 31.8 Å². The number of hydrogen-bond donors (Lipinski definition) is 0. The molecular weight excluding hydrogens is 605 g/mol. The summed E-state index contributed by atoms with van der Waals surface area (Å²) in [7, 11) is 0. The van der Waals surface area contributed by atoms with Crippen molar-refractivity contribution in [3.05, 3.63) is 149 Å². The van der Waals surface area contributed by atoms with E-state index in [0.29, 0.717) is 22.5 Å². The van der Waals surface area contributed by atoms with E-state index in [2.05, 4.69) is 10.9 Å². The summed E-state index contributed by atoms with van der Waals surface area (Å²) in [6, 6.07) is 37.4. The number of para-hydroxylation sites is 2. The fourth-order valence-corrected chi connectivity index (χ4v) is 7.17. The van der Waals surface area contributed by atoms with Gasteiger partial charge in [-0.25, -0.2) is 4.85 Å². The van der Waals surface area contributed by atoms with Crippen LogP contribution in [0.4, 0.5) is 18.9 Å². The Morgan fingerprint density at radius 1 is 0.625 bits per heavy atom. The fourth-order valence-electron chi connectivity index (χ4n) is 7.17. The molecule has 0 N–H and O–H groups in total. The van der Waals surface area contributed by atoms with E-state index >= 15 is 0 Å². The molecule has 8 rings (SSSR count). The summed E-state index contributed by atoms with van der Waals surface area (Å²) >= 11 is 0. The van der Waals surface area contributed by atoms with Gasteiger partial charge in [0.05, 0.1) is 40.0 Å². The Morgan fingerprint density at radius 2 is 1.10 bits per heavy atom. The second-order valence-corrected chi connectivity index (χ2v) is 12.0. The van der Waals surface area contributed by atoms with Gasteiger partial charge in [-0.2, -0.15) is 18.4 Å². The minimum absolute atomic E-state index is 0.118. The molecule has 48 heavy (non-hydrogen) atoms. The van der Waals surface area contributed by atoms with Gasteiger partial charge in [0, 0.05) is 27.1 Å². The zero-order valence-corrected chi connectivity index (χ0v) is 25.9. The van der Waals surface area contributed by atoms with Gasteiger partial charge in [-0.15, -0.1) is 0 Å². The summed E-state index contributed by atoms with van der Waals surface area (Å²) in [5.74, 6) is 0. The Hall–Kier alpha value is -6.31. The predicted molar refractivity (Wildman–Crippen MR) is 186 cm³/mol. The van der Waals surface area contributed by atoms with Crippen LogP contribution in [-0.2, 0) is 6.18 Å². The third-order valence-corrected chi connectivity index (χ3v) is 9.21. The lowest BCUT2D eigenvalue weighted by Gasteiger charge is -2.19. The van der Waals surface area contributed by atoms with Gasteiger partial charge in [0.15, 0.2) is 5.69 Å². The van der Waals surface area contributed by atoms with Gasteiger partial charge >= 0.3 is 6.18 Å². The number of alkyl halides is 3. The zero-order valence-electron chi connectivity index (χ0n) is 25.9. The minimum Gasteiger partial charge on any atom is -0.308 e. The zero-order chi connectivity index (χ0) is 33.3. The van der Waals surface area contributed by atoms with Crippen LogP contribution in [0.25, 0.3) is 71.0 Å². The summed E-state index contributed by atoms with van der Waals surface area (Å²) in [5.41, 5.74) is 6.70. The van der Waals surface area contributed by atoms with Crippen molar-refractivity contribution < 1.29 is 13.2 Å². The van der Waals surface area contributed by atoms with Gasteiger partial charge in [-0.3, -0.25) is 0 Å². The first-order valence-corrected chi connectivity index (χ1v) is 15.4. The molecule has 0 aliphatic heterocycles. The Labute approximate surface area is 273 Å². The van der Waals surface area contributed by atoms with Crippen molar-refractivity contribution in [3.63, 3.8) is 0 Å². The van der Waals surface area contributed by atoms with E-state index in [9.17, 15) is 18.4 Å². The molecule has 0 unspecified atom stereocenters. The number of fused-ring (bicyclic) bond motifs is 6. The first-order valence-electron chi connectivity index (χ1n) is 15.4. The van der Waals surface area contributed by atoms with Gasteiger partial charge in [-0.05, 0) is 90.7 Å². The van der Waals surface area contributed by atoms with Crippen molar-refractivity contribution in [1.29, 1.82) is 5.26 Å². The van der Waals surface area contributed by atoms with Gasteiger partial charge in [-0.1, -0.05) is 60.7 Å².